The summed E-state index contributed by atoms with van der Waals surface area (Å²) in [5.41, 5.74) is 5.34. The lowest BCUT2D eigenvalue weighted by atomic mass is 10.0. The van der Waals surface area contributed by atoms with E-state index in [4.69, 9.17) is 18.9 Å². The number of ether oxygens (including phenoxy) is 4. The van der Waals surface area contributed by atoms with Crippen LogP contribution in [0, 0.1) is 0 Å². The molecular formula is C32H36N2O6. The molecule has 0 saturated heterocycles. The average Bonchev–Trinajstić information content (AvgIpc) is 3.40. The van der Waals surface area contributed by atoms with Crippen molar-refractivity contribution in [2.24, 2.45) is 0 Å². The van der Waals surface area contributed by atoms with Crippen LogP contribution < -0.4 is 24.3 Å². The highest BCUT2D eigenvalue weighted by Crippen LogP contribution is 2.38. The lowest BCUT2D eigenvalue weighted by molar-refractivity contribution is -0.120. The number of aliphatic hydroxyl groups excluding tert-OH is 1. The van der Waals surface area contributed by atoms with Crippen molar-refractivity contribution in [2.75, 3.05) is 27.9 Å². The zero-order chi connectivity index (χ0) is 28.5. The molecule has 4 aromatic rings. The van der Waals surface area contributed by atoms with Crippen LogP contribution in [0.1, 0.15) is 30.0 Å². The van der Waals surface area contributed by atoms with Crippen LogP contribution in [0.5, 0.6) is 23.0 Å². The van der Waals surface area contributed by atoms with Crippen LogP contribution in [-0.4, -0.2) is 43.9 Å². The molecule has 0 spiro atoms. The van der Waals surface area contributed by atoms with Gasteiger partial charge in [0, 0.05) is 29.2 Å². The quantitative estimate of drug-likeness (QED) is 0.210. The predicted molar refractivity (Wildman–Crippen MR) is 155 cm³/mol. The van der Waals surface area contributed by atoms with Gasteiger partial charge in [-0.25, -0.2) is 0 Å². The summed E-state index contributed by atoms with van der Waals surface area (Å²) in [5, 5.41) is 14.1. The molecule has 4 rings (SSSR count). The van der Waals surface area contributed by atoms with E-state index in [0.717, 1.165) is 33.2 Å². The molecule has 1 aromatic heterocycles. The van der Waals surface area contributed by atoms with Crippen LogP contribution >= 0.6 is 0 Å². The van der Waals surface area contributed by atoms with E-state index in [0.29, 0.717) is 41.5 Å². The lowest BCUT2D eigenvalue weighted by Crippen LogP contribution is -2.24. The zero-order valence-electron chi connectivity index (χ0n) is 23.4. The van der Waals surface area contributed by atoms with Crippen molar-refractivity contribution in [1.29, 1.82) is 0 Å². The number of amides is 1. The monoisotopic (exact) mass is 544 g/mol. The number of aryl methyl sites for hydroxylation is 1. The summed E-state index contributed by atoms with van der Waals surface area (Å²) in [6, 6.07) is 19.4. The molecule has 0 bridgehead atoms. The van der Waals surface area contributed by atoms with Crippen LogP contribution in [0.15, 0.2) is 78.1 Å². The number of para-hydroxylation sites is 2. The molecule has 0 aliphatic rings. The standard InChI is InChI=1S/C32H36N2O6/c1-21(25(19-35)17-24-18-33-27-11-7-6-10-26(24)27)34-31(36)14-13-23-9-5-8-12-28(23)40-20-22-15-29(37-2)32(39-4)30(16-22)38-3/h5-12,15-16,18,33,35H,13-14,17,19-20H2,1-4H3,(H,34,36)/b25-21+. The number of H-pyrrole nitrogens is 1. The third-order valence-corrected chi connectivity index (χ3v) is 6.84. The molecule has 0 fully saturated rings. The van der Waals surface area contributed by atoms with Gasteiger partial charge in [0.2, 0.25) is 11.7 Å². The summed E-state index contributed by atoms with van der Waals surface area (Å²) in [6.45, 7) is 1.98. The largest absolute Gasteiger partial charge is 0.493 e. The Balaban J connectivity index is 1.38. The van der Waals surface area contributed by atoms with Crippen LogP contribution in [0.25, 0.3) is 10.9 Å². The summed E-state index contributed by atoms with van der Waals surface area (Å²) in [5.74, 6) is 2.21. The van der Waals surface area contributed by atoms with E-state index in [2.05, 4.69) is 10.3 Å². The molecule has 1 heterocycles. The predicted octanol–water partition coefficient (Wildman–Crippen LogP) is 5.33. The molecule has 0 aliphatic heterocycles. The van der Waals surface area contributed by atoms with Gasteiger partial charge in [0.05, 0.1) is 27.9 Å². The molecule has 3 N–H and O–H groups in total. The van der Waals surface area contributed by atoms with Gasteiger partial charge in [-0.15, -0.1) is 0 Å². The van der Waals surface area contributed by atoms with E-state index in [1.165, 1.54) is 0 Å². The summed E-state index contributed by atoms with van der Waals surface area (Å²) in [7, 11) is 4.71. The van der Waals surface area contributed by atoms with Crippen LogP contribution in [0.3, 0.4) is 0 Å². The fourth-order valence-electron chi connectivity index (χ4n) is 4.65. The van der Waals surface area contributed by atoms with Gasteiger partial charge in [0.25, 0.3) is 0 Å². The molecule has 210 valence electrons. The van der Waals surface area contributed by atoms with E-state index < -0.39 is 0 Å². The van der Waals surface area contributed by atoms with Crippen molar-refractivity contribution in [2.45, 2.75) is 32.8 Å². The highest BCUT2D eigenvalue weighted by atomic mass is 16.5. The molecule has 1 amide bonds. The Morgan fingerprint density at radius 2 is 1.60 bits per heavy atom. The number of carbonyl (C=O) groups is 1. The molecule has 0 radical (unpaired) electrons. The first-order valence-corrected chi connectivity index (χ1v) is 13.1. The molecule has 8 heteroatoms. The number of hydrogen-bond acceptors (Lipinski definition) is 6. The van der Waals surface area contributed by atoms with E-state index in [-0.39, 0.29) is 25.5 Å². The number of aromatic amines is 1. The maximum absolute atomic E-state index is 12.8. The minimum Gasteiger partial charge on any atom is -0.493 e. The molecule has 0 atom stereocenters. The van der Waals surface area contributed by atoms with Gasteiger partial charge in [0.15, 0.2) is 11.5 Å². The number of allylic oxidation sites excluding steroid dienone is 1. The van der Waals surface area contributed by atoms with E-state index >= 15 is 0 Å². The number of benzene rings is 3. The molecule has 0 unspecified atom stereocenters. The van der Waals surface area contributed by atoms with Crippen molar-refractivity contribution >= 4 is 16.8 Å². The molecule has 8 nitrogen and oxygen atoms in total. The number of nitrogens with one attached hydrogen (secondary N) is 2. The Hall–Kier alpha value is -4.43. The molecule has 40 heavy (non-hydrogen) atoms. The Bertz CT molecular complexity index is 1460. The third kappa shape index (κ3) is 6.76. The second-order valence-corrected chi connectivity index (χ2v) is 9.40. The Kier molecular flexibility index (Phi) is 9.70. The fraction of sp³-hybridized carbons (Fsp3) is 0.281. The average molecular weight is 545 g/mol. The number of rotatable bonds is 13. The lowest BCUT2D eigenvalue weighted by Gasteiger charge is -2.16. The minimum absolute atomic E-state index is 0.123. The topological polar surface area (TPSA) is 102 Å². The van der Waals surface area contributed by atoms with Gasteiger partial charge < -0.3 is 34.4 Å². The normalized spacial score (nSPS) is 11.6. The van der Waals surface area contributed by atoms with Gasteiger partial charge in [-0.05, 0) is 66.3 Å². The van der Waals surface area contributed by atoms with Crippen molar-refractivity contribution in [3.05, 3.63) is 94.8 Å². The zero-order valence-corrected chi connectivity index (χ0v) is 23.4. The van der Waals surface area contributed by atoms with Gasteiger partial charge in [0.1, 0.15) is 12.4 Å². The van der Waals surface area contributed by atoms with Crippen molar-refractivity contribution in [3.63, 3.8) is 0 Å². The summed E-state index contributed by atoms with van der Waals surface area (Å²) in [6.07, 6.45) is 3.27. The first-order valence-electron chi connectivity index (χ1n) is 13.1. The van der Waals surface area contributed by atoms with Crippen LogP contribution in [0.4, 0.5) is 0 Å². The number of fused-ring (bicyclic) bond motifs is 1. The molecule has 0 saturated carbocycles. The minimum atomic E-state index is -0.136. The highest BCUT2D eigenvalue weighted by molar-refractivity contribution is 5.83. The van der Waals surface area contributed by atoms with Crippen molar-refractivity contribution < 1.29 is 28.8 Å². The van der Waals surface area contributed by atoms with Gasteiger partial charge >= 0.3 is 0 Å². The Labute approximate surface area is 234 Å². The second kappa shape index (κ2) is 13.6. The molecular weight excluding hydrogens is 508 g/mol. The first kappa shape index (κ1) is 28.6. The van der Waals surface area contributed by atoms with Crippen LogP contribution in [0.2, 0.25) is 0 Å². The van der Waals surface area contributed by atoms with Crippen molar-refractivity contribution in [1.82, 2.24) is 10.3 Å². The second-order valence-electron chi connectivity index (χ2n) is 9.40. The van der Waals surface area contributed by atoms with Crippen molar-refractivity contribution in [3.8, 4) is 23.0 Å². The van der Waals surface area contributed by atoms with Gasteiger partial charge in [-0.2, -0.15) is 0 Å². The van der Waals surface area contributed by atoms with Gasteiger partial charge in [-0.3, -0.25) is 4.79 Å². The van der Waals surface area contributed by atoms with Gasteiger partial charge in [-0.1, -0.05) is 36.4 Å². The summed E-state index contributed by atoms with van der Waals surface area (Å²) < 4.78 is 22.4. The smallest absolute Gasteiger partial charge is 0.224 e. The number of methoxy groups -OCH3 is 3. The van der Waals surface area contributed by atoms with Crippen LogP contribution in [-0.2, 0) is 24.2 Å². The highest BCUT2D eigenvalue weighted by Gasteiger charge is 2.15. The number of aromatic nitrogens is 1. The number of carbonyl (C=O) groups excluding carboxylic acids is 1. The fourth-order valence-corrected chi connectivity index (χ4v) is 4.65. The van der Waals surface area contributed by atoms with E-state index in [9.17, 15) is 9.90 Å². The summed E-state index contributed by atoms with van der Waals surface area (Å²) in [4.78, 5) is 16.1. The third-order valence-electron chi connectivity index (χ3n) is 6.84. The first-order chi connectivity index (χ1) is 19.5. The Morgan fingerprint density at radius 1 is 0.900 bits per heavy atom. The SMILES string of the molecule is COc1cc(COc2ccccc2CCC(=O)N/C(C)=C(/CO)Cc2c[nH]c3ccccc23)cc(OC)c1OC. The molecule has 0 aliphatic carbocycles. The maximum Gasteiger partial charge on any atom is 0.224 e. The van der Waals surface area contributed by atoms with E-state index in [1.54, 1.807) is 21.3 Å². The number of aliphatic hydroxyl groups is 1. The Morgan fingerprint density at radius 3 is 2.30 bits per heavy atom. The maximum atomic E-state index is 12.8. The number of hydrogen-bond donors (Lipinski definition) is 3. The van der Waals surface area contributed by atoms with E-state index in [1.807, 2.05) is 73.8 Å². The molecule has 3 aromatic carbocycles. The summed E-state index contributed by atoms with van der Waals surface area (Å²) >= 11 is 0.